The monoisotopic (exact) mass is 483 g/mol. The van der Waals surface area contributed by atoms with Crippen LogP contribution in [0.25, 0.3) is 0 Å². The minimum Gasteiger partial charge on any atom is -0.436 e. The average Bonchev–Trinajstić information content (AvgIpc) is 3.39. The molecule has 3 aliphatic rings. The molecule has 0 spiro atoms. The predicted octanol–water partition coefficient (Wildman–Crippen LogP) is 5.86. The summed E-state index contributed by atoms with van der Waals surface area (Å²) in [6.45, 7) is 4.36. The van der Waals surface area contributed by atoms with Gasteiger partial charge in [0.15, 0.2) is 11.4 Å². The first-order chi connectivity index (χ1) is 17.1. The van der Waals surface area contributed by atoms with Crippen molar-refractivity contribution in [3.8, 4) is 0 Å². The van der Waals surface area contributed by atoms with Crippen molar-refractivity contribution in [2.75, 3.05) is 19.6 Å². The molecule has 0 radical (unpaired) electrons. The van der Waals surface area contributed by atoms with Crippen molar-refractivity contribution in [1.29, 1.82) is 0 Å². The van der Waals surface area contributed by atoms with E-state index in [-0.39, 0.29) is 0 Å². The van der Waals surface area contributed by atoms with Crippen molar-refractivity contribution in [2.45, 2.75) is 35.1 Å². The molecule has 4 heterocycles. The summed E-state index contributed by atoms with van der Waals surface area (Å²) in [5, 5.41) is 12.6. The second kappa shape index (κ2) is 9.30. The Labute approximate surface area is 211 Å². The number of aromatic nitrogens is 1. The lowest BCUT2D eigenvalue weighted by atomic mass is 9.85. The summed E-state index contributed by atoms with van der Waals surface area (Å²) in [5.41, 5.74) is 0.0796. The minimum absolute atomic E-state index is 0.338. The lowest BCUT2D eigenvalue weighted by molar-refractivity contribution is -0.954. The zero-order valence-electron chi connectivity index (χ0n) is 19.8. The van der Waals surface area contributed by atoms with Gasteiger partial charge in [-0.05, 0) is 29.2 Å². The molecule has 7 rings (SSSR count). The Morgan fingerprint density at radius 3 is 2.03 bits per heavy atom. The Kier molecular flexibility index (Phi) is 6.01. The summed E-state index contributed by atoms with van der Waals surface area (Å²) in [5.74, 6) is 1.99. The van der Waals surface area contributed by atoms with Crippen LogP contribution in [0.2, 0.25) is 0 Å². The van der Waals surface area contributed by atoms with Crippen molar-refractivity contribution in [1.82, 2.24) is 4.98 Å². The highest BCUT2D eigenvalue weighted by Gasteiger charge is 2.47. The fourth-order valence-electron chi connectivity index (χ4n) is 5.90. The Morgan fingerprint density at radius 1 is 0.857 bits per heavy atom. The van der Waals surface area contributed by atoms with Crippen LogP contribution in [-0.2, 0) is 12.1 Å². The number of aliphatic hydroxyl groups is 1. The van der Waals surface area contributed by atoms with E-state index in [1.807, 2.05) is 78.6 Å². The van der Waals surface area contributed by atoms with Gasteiger partial charge in [0.05, 0.1) is 31.1 Å². The normalized spacial score (nSPS) is 23.9. The highest BCUT2D eigenvalue weighted by molar-refractivity contribution is 8.00. The van der Waals surface area contributed by atoms with Gasteiger partial charge in [-0.1, -0.05) is 78.9 Å². The first-order valence-electron chi connectivity index (χ1n) is 12.5. The Balaban J connectivity index is 1.27. The van der Waals surface area contributed by atoms with Gasteiger partial charge in [-0.25, -0.2) is 4.98 Å². The molecule has 4 aromatic rings. The fourth-order valence-corrected chi connectivity index (χ4v) is 7.42. The number of nitrogens with zero attached hydrogens (tertiary/aromatic N) is 2. The third-order valence-electron chi connectivity index (χ3n) is 7.81. The molecule has 1 atom stereocenters. The van der Waals surface area contributed by atoms with E-state index in [1.54, 1.807) is 0 Å². The third-order valence-corrected chi connectivity index (χ3v) is 9.19. The molecule has 4 nitrogen and oxygen atoms in total. The maximum Gasteiger partial charge on any atom is 0.236 e. The summed E-state index contributed by atoms with van der Waals surface area (Å²) in [6, 6.07) is 30.2. The molecular formula is C30H31N2O2S+. The maximum absolute atomic E-state index is 12.0. The zero-order valence-corrected chi connectivity index (χ0v) is 20.6. The van der Waals surface area contributed by atoms with Crippen LogP contribution in [0.5, 0.6) is 0 Å². The Morgan fingerprint density at radius 2 is 1.43 bits per heavy atom. The molecule has 5 heteroatoms. The molecular weight excluding hydrogens is 452 g/mol. The Hall–Kier alpha value is -2.86. The van der Waals surface area contributed by atoms with Crippen LogP contribution in [-0.4, -0.2) is 39.5 Å². The van der Waals surface area contributed by atoms with Crippen LogP contribution in [0.3, 0.4) is 0 Å². The smallest absolute Gasteiger partial charge is 0.236 e. The molecule has 178 valence electrons. The molecule has 3 fully saturated rings. The zero-order chi connectivity index (χ0) is 23.7. The molecule has 35 heavy (non-hydrogen) atoms. The molecule has 3 saturated heterocycles. The van der Waals surface area contributed by atoms with Gasteiger partial charge in [-0.15, -0.1) is 11.8 Å². The van der Waals surface area contributed by atoms with E-state index in [2.05, 4.69) is 35.3 Å². The van der Waals surface area contributed by atoms with Gasteiger partial charge in [0.2, 0.25) is 5.89 Å². The largest absolute Gasteiger partial charge is 0.436 e. The summed E-state index contributed by atoms with van der Waals surface area (Å²) in [6.07, 6.45) is 4.37. The number of piperidine rings is 3. The molecule has 1 N–H and O–H groups in total. The SMILES string of the molecule is OC(c1ccccc1)(c1ccccc1)c1ncc(C[N+]23CCC(CC2)C(Sc2ccccc2)C3)o1. The topological polar surface area (TPSA) is 46.3 Å². The second-order valence-electron chi connectivity index (χ2n) is 10.0. The van der Waals surface area contributed by atoms with Gasteiger partial charge < -0.3 is 14.0 Å². The number of oxazole rings is 1. The first-order valence-corrected chi connectivity index (χ1v) is 13.4. The van der Waals surface area contributed by atoms with E-state index < -0.39 is 5.60 Å². The first kappa shape index (κ1) is 22.6. The van der Waals surface area contributed by atoms with Crippen LogP contribution in [0, 0.1) is 5.92 Å². The predicted molar refractivity (Wildman–Crippen MR) is 139 cm³/mol. The molecule has 0 aliphatic carbocycles. The van der Waals surface area contributed by atoms with Crippen molar-refractivity contribution in [3.05, 3.63) is 120 Å². The number of hydrogen-bond donors (Lipinski definition) is 1. The van der Waals surface area contributed by atoms with Gasteiger partial charge in [-0.3, -0.25) is 0 Å². The van der Waals surface area contributed by atoms with Gasteiger partial charge in [0.25, 0.3) is 0 Å². The lowest BCUT2D eigenvalue weighted by Crippen LogP contribution is -2.62. The van der Waals surface area contributed by atoms with E-state index >= 15 is 0 Å². The maximum atomic E-state index is 12.0. The molecule has 3 aliphatic heterocycles. The Bertz CT molecular complexity index is 1210. The highest BCUT2D eigenvalue weighted by atomic mass is 32.2. The average molecular weight is 484 g/mol. The van der Waals surface area contributed by atoms with Crippen molar-refractivity contribution in [2.24, 2.45) is 5.92 Å². The van der Waals surface area contributed by atoms with Crippen LogP contribution in [0.4, 0.5) is 0 Å². The number of hydrogen-bond acceptors (Lipinski definition) is 4. The van der Waals surface area contributed by atoms with E-state index in [0.29, 0.717) is 11.1 Å². The summed E-state index contributed by atoms with van der Waals surface area (Å²) in [4.78, 5) is 6.00. The summed E-state index contributed by atoms with van der Waals surface area (Å²) >= 11 is 2.04. The van der Waals surface area contributed by atoms with E-state index in [9.17, 15) is 5.11 Å². The number of fused-ring (bicyclic) bond motifs is 3. The fraction of sp³-hybridized carbons (Fsp3) is 0.300. The van der Waals surface area contributed by atoms with Crippen LogP contribution in [0.15, 0.2) is 107 Å². The molecule has 3 aromatic carbocycles. The van der Waals surface area contributed by atoms with Crippen molar-refractivity contribution >= 4 is 11.8 Å². The van der Waals surface area contributed by atoms with Crippen molar-refractivity contribution in [3.63, 3.8) is 0 Å². The molecule has 0 amide bonds. The third kappa shape index (κ3) is 4.33. The van der Waals surface area contributed by atoms with Gasteiger partial charge in [-0.2, -0.15) is 0 Å². The van der Waals surface area contributed by atoms with Gasteiger partial charge in [0.1, 0.15) is 6.54 Å². The van der Waals surface area contributed by atoms with Crippen molar-refractivity contribution < 1.29 is 14.0 Å². The van der Waals surface area contributed by atoms with E-state index in [4.69, 9.17) is 4.42 Å². The number of rotatable bonds is 7. The molecule has 2 bridgehead atoms. The van der Waals surface area contributed by atoms with Gasteiger partial charge >= 0.3 is 0 Å². The highest BCUT2D eigenvalue weighted by Crippen LogP contribution is 2.43. The number of thioether (sulfide) groups is 1. The van der Waals surface area contributed by atoms with Crippen LogP contribution >= 0.6 is 11.8 Å². The standard InChI is InChI=1S/C30H31N2O2S/c33-30(24-10-4-1-5-11-24,25-12-6-2-7-13-25)29-31-20-26(34-29)21-32-18-16-23(17-19-32)28(22-32)35-27-14-8-3-9-15-27/h1-15,20,23,28,33H,16-19,21-22H2/q+1. The van der Waals surface area contributed by atoms with E-state index in [0.717, 1.165) is 40.4 Å². The second-order valence-corrected chi connectivity index (χ2v) is 11.3. The quantitative estimate of drug-likeness (QED) is 0.335. The number of benzene rings is 3. The summed E-state index contributed by atoms with van der Waals surface area (Å²) in [7, 11) is 0. The van der Waals surface area contributed by atoms with Gasteiger partial charge in [0, 0.05) is 17.7 Å². The number of quaternary nitrogens is 1. The van der Waals surface area contributed by atoms with Crippen LogP contribution in [0.1, 0.15) is 35.6 Å². The minimum atomic E-state index is -1.43. The van der Waals surface area contributed by atoms with Crippen LogP contribution < -0.4 is 0 Å². The molecule has 1 aromatic heterocycles. The van der Waals surface area contributed by atoms with E-state index in [1.165, 1.54) is 30.8 Å². The lowest BCUT2D eigenvalue weighted by Gasteiger charge is -2.52. The molecule has 1 unspecified atom stereocenters. The molecule has 0 saturated carbocycles. The summed E-state index contributed by atoms with van der Waals surface area (Å²) < 4.78 is 7.42.